The molecule has 4 aromatic carbocycles. The number of anilines is 1. The Bertz CT molecular complexity index is 1400. The second-order valence-corrected chi connectivity index (χ2v) is 8.33. The van der Waals surface area contributed by atoms with Crippen LogP contribution in [0.3, 0.4) is 0 Å². The lowest BCUT2D eigenvalue weighted by Gasteiger charge is -2.23. The van der Waals surface area contributed by atoms with Crippen LogP contribution in [0.15, 0.2) is 103 Å². The van der Waals surface area contributed by atoms with E-state index in [1.807, 2.05) is 97.9 Å². The summed E-state index contributed by atoms with van der Waals surface area (Å²) in [6, 6.07) is 32.9. The molecular weight excluding hydrogens is 430 g/mol. The van der Waals surface area contributed by atoms with Crippen molar-refractivity contribution in [3.05, 3.63) is 137 Å². The zero-order valence-corrected chi connectivity index (χ0v) is 19.7. The van der Waals surface area contributed by atoms with Crippen LogP contribution in [0.2, 0.25) is 0 Å². The summed E-state index contributed by atoms with van der Waals surface area (Å²) in [7, 11) is 0. The molecule has 4 rings (SSSR count). The van der Waals surface area contributed by atoms with Gasteiger partial charge in [0.1, 0.15) is 5.84 Å². The van der Waals surface area contributed by atoms with Gasteiger partial charge in [0.15, 0.2) is 5.78 Å². The molecule has 0 heterocycles. The molecule has 4 heteroatoms. The number of carbonyl (C=O) groups is 1. The fourth-order valence-corrected chi connectivity index (χ4v) is 3.89. The number of hydrogen-bond acceptors (Lipinski definition) is 3. The van der Waals surface area contributed by atoms with Crippen molar-refractivity contribution in [3.8, 4) is 11.8 Å². The van der Waals surface area contributed by atoms with Gasteiger partial charge < -0.3 is 10.6 Å². The van der Waals surface area contributed by atoms with E-state index in [2.05, 4.69) is 28.9 Å². The number of nitrogen functional groups attached to an aromatic ring is 1. The van der Waals surface area contributed by atoms with Gasteiger partial charge in [0.2, 0.25) is 0 Å². The standard InChI is InChI=1S/C31H27N3O/c1-23-20-24(17-18-29(23)30(35)26-13-6-3-7-14-26)12-9-19-34(22-25-10-4-2-5-11-25)28-16-8-15-27(21-28)31(32)33/h2-8,10-11,13-18,20-21H,19,22H2,1H3,(H3,32,33). The summed E-state index contributed by atoms with van der Waals surface area (Å²) in [5.41, 5.74) is 11.7. The van der Waals surface area contributed by atoms with Gasteiger partial charge >= 0.3 is 0 Å². The molecule has 0 aliphatic carbocycles. The Kier molecular flexibility index (Phi) is 7.40. The van der Waals surface area contributed by atoms with Crippen LogP contribution < -0.4 is 10.6 Å². The minimum atomic E-state index is 0.0157. The number of rotatable bonds is 7. The molecule has 0 saturated heterocycles. The Labute approximate surface area is 206 Å². The smallest absolute Gasteiger partial charge is 0.193 e. The summed E-state index contributed by atoms with van der Waals surface area (Å²) in [6.07, 6.45) is 0. The Morgan fingerprint density at radius 3 is 2.23 bits per heavy atom. The zero-order chi connectivity index (χ0) is 24.6. The first-order valence-corrected chi connectivity index (χ1v) is 11.4. The van der Waals surface area contributed by atoms with E-state index in [9.17, 15) is 4.79 Å². The van der Waals surface area contributed by atoms with Crippen LogP contribution in [0.5, 0.6) is 0 Å². The van der Waals surface area contributed by atoms with E-state index in [1.54, 1.807) is 0 Å². The lowest BCUT2D eigenvalue weighted by Crippen LogP contribution is -2.23. The Balaban J connectivity index is 1.55. The molecule has 0 fully saturated rings. The molecule has 4 nitrogen and oxygen atoms in total. The first kappa shape index (κ1) is 23.5. The Hall–Kier alpha value is -4.62. The van der Waals surface area contributed by atoms with Gasteiger partial charge in [-0.25, -0.2) is 0 Å². The average Bonchev–Trinajstić information content (AvgIpc) is 2.89. The minimum absolute atomic E-state index is 0.0157. The average molecular weight is 458 g/mol. The molecule has 0 unspecified atom stereocenters. The van der Waals surface area contributed by atoms with Crippen molar-refractivity contribution >= 4 is 17.3 Å². The highest BCUT2D eigenvalue weighted by atomic mass is 16.1. The largest absolute Gasteiger partial charge is 0.384 e. The van der Waals surface area contributed by atoms with Crippen molar-refractivity contribution in [2.75, 3.05) is 11.4 Å². The van der Waals surface area contributed by atoms with E-state index in [0.29, 0.717) is 29.8 Å². The lowest BCUT2D eigenvalue weighted by atomic mass is 9.97. The lowest BCUT2D eigenvalue weighted by molar-refractivity contribution is 0.103. The highest BCUT2D eigenvalue weighted by Crippen LogP contribution is 2.19. The van der Waals surface area contributed by atoms with E-state index in [4.69, 9.17) is 11.1 Å². The highest BCUT2D eigenvalue weighted by Gasteiger charge is 2.12. The topological polar surface area (TPSA) is 70.2 Å². The molecule has 172 valence electrons. The summed E-state index contributed by atoms with van der Waals surface area (Å²) in [6.45, 7) is 3.12. The fraction of sp³-hybridized carbons (Fsp3) is 0.0968. The van der Waals surface area contributed by atoms with E-state index in [1.165, 1.54) is 5.56 Å². The van der Waals surface area contributed by atoms with Crippen LogP contribution in [-0.4, -0.2) is 18.2 Å². The van der Waals surface area contributed by atoms with Crippen molar-refractivity contribution in [2.45, 2.75) is 13.5 Å². The van der Waals surface area contributed by atoms with Crippen LogP contribution in [0.25, 0.3) is 0 Å². The molecule has 0 radical (unpaired) electrons. The summed E-state index contributed by atoms with van der Waals surface area (Å²) >= 11 is 0. The number of amidine groups is 1. The molecule has 4 aromatic rings. The predicted molar refractivity (Wildman–Crippen MR) is 143 cm³/mol. The van der Waals surface area contributed by atoms with Gasteiger partial charge in [0.05, 0.1) is 6.54 Å². The summed E-state index contributed by atoms with van der Waals surface area (Å²) in [5, 5.41) is 7.77. The first-order chi connectivity index (χ1) is 17.0. The molecule has 0 atom stereocenters. The van der Waals surface area contributed by atoms with Crippen molar-refractivity contribution in [2.24, 2.45) is 5.73 Å². The molecule has 3 N–H and O–H groups in total. The second kappa shape index (κ2) is 11.0. The SMILES string of the molecule is Cc1cc(C#CCN(Cc2ccccc2)c2cccc(C(=N)N)c2)ccc1C(=O)c1ccccc1. The van der Waals surface area contributed by atoms with Gasteiger partial charge in [-0.1, -0.05) is 84.6 Å². The van der Waals surface area contributed by atoms with Gasteiger partial charge in [-0.3, -0.25) is 10.2 Å². The van der Waals surface area contributed by atoms with E-state index in [0.717, 1.165) is 16.8 Å². The van der Waals surface area contributed by atoms with Crippen LogP contribution in [-0.2, 0) is 6.54 Å². The molecule has 0 aromatic heterocycles. The molecule has 0 aliphatic rings. The molecule has 0 spiro atoms. The fourth-order valence-electron chi connectivity index (χ4n) is 3.89. The number of hydrogen-bond donors (Lipinski definition) is 2. The molecule has 0 saturated carbocycles. The van der Waals surface area contributed by atoms with Crippen LogP contribution in [0, 0.1) is 24.2 Å². The van der Waals surface area contributed by atoms with Gasteiger partial charge in [-0.05, 0) is 48.4 Å². The van der Waals surface area contributed by atoms with Crippen molar-refractivity contribution in [1.82, 2.24) is 0 Å². The maximum absolute atomic E-state index is 12.8. The maximum atomic E-state index is 12.8. The van der Waals surface area contributed by atoms with E-state index in [-0.39, 0.29) is 11.6 Å². The number of nitrogens with zero attached hydrogens (tertiary/aromatic N) is 1. The minimum Gasteiger partial charge on any atom is -0.384 e. The normalized spacial score (nSPS) is 10.2. The predicted octanol–water partition coefficient (Wildman–Crippen LogP) is 5.57. The third-order valence-electron chi connectivity index (χ3n) is 5.75. The number of aryl methyl sites for hydroxylation is 1. The number of benzene rings is 4. The summed E-state index contributed by atoms with van der Waals surface area (Å²) in [4.78, 5) is 15.0. The summed E-state index contributed by atoms with van der Waals surface area (Å²) in [5.74, 6) is 6.58. The number of carbonyl (C=O) groups excluding carboxylic acids is 1. The monoisotopic (exact) mass is 457 g/mol. The van der Waals surface area contributed by atoms with Crippen molar-refractivity contribution < 1.29 is 4.79 Å². The molecule has 35 heavy (non-hydrogen) atoms. The van der Waals surface area contributed by atoms with Crippen molar-refractivity contribution in [1.29, 1.82) is 5.41 Å². The van der Waals surface area contributed by atoms with E-state index < -0.39 is 0 Å². The number of ketones is 1. The maximum Gasteiger partial charge on any atom is 0.193 e. The Morgan fingerprint density at radius 2 is 1.54 bits per heavy atom. The molecular formula is C31H27N3O. The highest BCUT2D eigenvalue weighted by molar-refractivity contribution is 6.09. The first-order valence-electron chi connectivity index (χ1n) is 11.4. The quantitative estimate of drug-likeness (QED) is 0.165. The number of nitrogens with two attached hydrogens (primary N) is 1. The molecule has 0 aliphatic heterocycles. The van der Waals surface area contributed by atoms with Crippen LogP contribution in [0.1, 0.15) is 38.2 Å². The summed E-state index contributed by atoms with van der Waals surface area (Å²) < 4.78 is 0. The van der Waals surface area contributed by atoms with Crippen molar-refractivity contribution in [3.63, 3.8) is 0 Å². The molecule has 0 bridgehead atoms. The van der Waals surface area contributed by atoms with Gasteiger partial charge in [0.25, 0.3) is 0 Å². The third kappa shape index (κ3) is 6.04. The van der Waals surface area contributed by atoms with Gasteiger partial charge in [-0.2, -0.15) is 0 Å². The second-order valence-electron chi connectivity index (χ2n) is 8.33. The van der Waals surface area contributed by atoms with E-state index >= 15 is 0 Å². The third-order valence-corrected chi connectivity index (χ3v) is 5.75. The van der Waals surface area contributed by atoms with Gasteiger partial charge in [0, 0.05) is 34.5 Å². The van der Waals surface area contributed by atoms with Gasteiger partial charge in [-0.15, -0.1) is 0 Å². The van der Waals surface area contributed by atoms with Crippen LogP contribution >= 0.6 is 0 Å². The molecule has 0 amide bonds. The Morgan fingerprint density at radius 1 is 0.857 bits per heavy atom. The number of nitrogens with one attached hydrogen (secondary N) is 1. The zero-order valence-electron chi connectivity index (χ0n) is 19.7. The van der Waals surface area contributed by atoms with Crippen LogP contribution in [0.4, 0.5) is 5.69 Å².